The molecule has 0 radical (unpaired) electrons. The Kier molecular flexibility index (Phi) is 3.51. The second-order valence-electron chi connectivity index (χ2n) is 4.07. The van der Waals surface area contributed by atoms with Crippen molar-refractivity contribution in [1.29, 1.82) is 0 Å². The van der Waals surface area contributed by atoms with Crippen molar-refractivity contribution in [1.82, 2.24) is 15.2 Å². The first-order valence-corrected chi connectivity index (χ1v) is 5.66. The summed E-state index contributed by atoms with van der Waals surface area (Å²) in [6, 6.07) is 3.99. The topological polar surface area (TPSA) is 45.2 Å². The third-order valence-electron chi connectivity index (χ3n) is 3.04. The number of nitrogens with zero attached hydrogens (tertiary/aromatic N) is 2. The number of hydrogen-bond acceptors (Lipinski definition) is 3. The number of amides is 1. The maximum Gasteiger partial charge on any atom is 0.239 e. The molecule has 16 heavy (non-hydrogen) atoms. The number of nitrogens with one attached hydrogen (secondary N) is 1. The number of carbonyl (C=O) groups excluding carboxylic acids is 1. The molecule has 1 saturated heterocycles. The number of likely N-dealkylation sites (N-methyl/N-ethyl adjacent to an activating group) is 1. The van der Waals surface area contributed by atoms with Crippen LogP contribution < -0.4 is 5.32 Å². The molecule has 0 spiro atoms. The molecule has 1 aliphatic heterocycles. The lowest BCUT2D eigenvalue weighted by atomic mass is 10.2. The molecule has 1 aromatic heterocycles. The molecule has 1 aromatic rings. The number of aromatic nitrogens is 1. The SMILES string of the molecule is CNC1CCN(CCc2cccnc2)C1=O. The quantitative estimate of drug-likeness (QED) is 0.799. The standard InChI is InChI=1S/C12H17N3O/c1-13-11-5-8-15(12(11)16)7-4-10-3-2-6-14-9-10/h2-3,6,9,11,13H,4-5,7-8H2,1H3. The van der Waals surface area contributed by atoms with Gasteiger partial charge in [0.25, 0.3) is 0 Å². The van der Waals surface area contributed by atoms with Crippen LogP contribution in [0, 0.1) is 0 Å². The molecule has 1 unspecified atom stereocenters. The molecule has 1 aliphatic rings. The maximum atomic E-state index is 11.8. The number of rotatable bonds is 4. The van der Waals surface area contributed by atoms with Crippen molar-refractivity contribution >= 4 is 5.91 Å². The summed E-state index contributed by atoms with van der Waals surface area (Å²) in [5, 5.41) is 3.04. The Morgan fingerprint density at radius 2 is 2.50 bits per heavy atom. The molecule has 0 bridgehead atoms. The van der Waals surface area contributed by atoms with Crippen molar-refractivity contribution < 1.29 is 4.79 Å². The van der Waals surface area contributed by atoms with Crippen molar-refractivity contribution in [2.75, 3.05) is 20.1 Å². The van der Waals surface area contributed by atoms with Crippen molar-refractivity contribution in [3.63, 3.8) is 0 Å². The van der Waals surface area contributed by atoms with Crippen LogP contribution in [-0.2, 0) is 11.2 Å². The predicted molar refractivity (Wildman–Crippen MR) is 62.0 cm³/mol. The summed E-state index contributed by atoms with van der Waals surface area (Å²) in [6.07, 6.45) is 5.43. The number of carbonyl (C=O) groups is 1. The van der Waals surface area contributed by atoms with Gasteiger partial charge in [-0.25, -0.2) is 0 Å². The van der Waals surface area contributed by atoms with Crippen LogP contribution in [0.2, 0.25) is 0 Å². The van der Waals surface area contributed by atoms with E-state index in [2.05, 4.69) is 10.3 Å². The fourth-order valence-electron chi connectivity index (χ4n) is 2.04. The van der Waals surface area contributed by atoms with Crippen LogP contribution >= 0.6 is 0 Å². The molecule has 1 atom stereocenters. The molecule has 4 nitrogen and oxygen atoms in total. The molecule has 0 saturated carbocycles. The molecule has 0 aromatic carbocycles. The van der Waals surface area contributed by atoms with Crippen LogP contribution in [0.25, 0.3) is 0 Å². The number of hydrogen-bond donors (Lipinski definition) is 1. The first-order chi connectivity index (χ1) is 7.81. The van der Waals surface area contributed by atoms with Crippen molar-refractivity contribution in [2.45, 2.75) is 18.9 Å². The van der Waals surface area contributed by atoms with Gasteiger partial charge in [0.1, 0.15) is 0 Å². The van der Waals surface area contributed by atoms with Crippen LogP contribution in [0.4, 0.5) is 0 Å². The van der Waals surface area contributed by atoms with Crippen LogP contribution in [0.1, 0.15) is 12.0 Å². The number of likely N-dealkylation sites (tertiary alicyclic amines) is 1. The summed E-state index contributed by atoms with van der Waals surface area (Å²) >= 11 is 0. The Morgan fingerprint density at radius 1 is 1.62 bits per heavy atom. The summed E-state index contributed by atoms with van der Waals surface area (Å²) in [6.45, 7) is 1.66. The largest absolute Gasteiger partial charge is 0.341 e. The molecule has 2 rings (SSSR count). The van der Waals surface area contributed by atoms with E-state index in [1.807, 2.05) is 30.3 Å². The van der Waals surface area contributed by atoms with E-state index in [0.717, 1.165) is 25.9 Å². The van der Waals surface area contributed by atoms with Gasteiger partial charge in [0.05, 0.1) is 6.04 Å². The first kappa shape index (κ1) is 11.1. The lowest BCUT2D eigenvalue weighted by Crippen LogP contribution is -2.37. The van der Waals surface area contributed by atoms with E-state index in [4.69, 9.17) is 0 Å². The lowest BCUT2D eigenvalue weighted by Gasteiger charge is -2.16. The Balaban J connectivity index is 1.86. The van der Waals surface area contributed by atoms with E-state index in [-0.39, 0.29) is 11.9 Å². The zero-order chi connectivity index (χ0) is 11.4. The summed E-state index contributed by atoms with van der Waals surface area (Å²) in [4.78, 5) is 17.8. The average molecular weight is 219 g/mol. The fraction of sp³-hybridized carbons (Fsp3) is 0.500. The highest BCUT2D eigenvalue weighted by Gasteiger charge is 2.29. The van der Waals surface area contributed by atoms with Gasteiger partial charge in [0, 0.05) is 25.5 Å². The van der Waals surface area contributed by atoms with Crippen LogP contribution in [0.15, 0.2) is 24.5 Å². The smallest absolute Gasteiger partial charge is 0.239 e. The van der Waals surface area contributed by atoms with Gasteiger partial charge in [0.2, 0.25) is 5.91 Å². The molecular weight excluding hydrogens is 202 g/mol. The van der Waals surface area contributed by atoms with Gasteiger partial charge < -0.3 is 10.2 Å². The predicted octanol–water partition coefficient (Wildman–Crippen LogP) is 0.444. The van der Waals surface area contributed by atoms with Gasteiger partial charge in [-0.2, -0.15) is 0 Å². The molecule has 2 heterocycles. The van der Waals surface area contributed by atoms with Crippen LogP contribution in [-0.4, -0.2) is 42.0 Å². The van der Waals surface area contributed by atoms with Crippen LogP contribution in [0.3, 0.4) is 0 Å². The van der Waals surface area contributed by atoms with E-state index < -0.39 is 0 Å². The minimum absolute atomic E-state index is 0.0221. The Hall–Kier alpha value is -1.42. The van der Waals surface area contributed by atoms with E-state index in [9.17, 15) is 4.79 Å². The van der Waals surface area contributed by atoms with Gasteiger partial charge in [-0.3, -0.25) is 9.78 Å². The minimum atomic E-state index is 0.0221. The molecule has 1 N–H and O–H groups in total. The van der Waals surface area contributed by atoms with Gasteiger partial charge in [0.15, 0.2) is 0 Å². The zero-order valence-electron chi connectivity index (χ0n) is 9.52. The van der Waals surface area contributed by atoms with Crippen LogP contribution in [0.5, 0.6) is 0 Å². The van der Waals surface area contributed by atoms with Gasteiger partial charge in [-0.1, -0.05) is 6.07 Å². The monoisotopic (exact) mass is 219 g/mol. The fourth-order valence-corrected chi connectivity index (χ4v) is 2.04. The highest BCUT2D eigenvalue weighted by molar-refractivity contribution is 5.83. The summed E-state index contributed by atoms with van der Waals surface area (Å²) in [5.41, 5.74) is 1.18. The van der Waals surface area contributed by atoms with Gasteiger partial charge in [-0.15, -0.1) is 0 Å². The van der Waals surface area contributed by atoms with E-state index in [0.29, 0.717) is 0 Å². The Labute approximate surface area is 95.7 Å². The normalized spacial score (nSPS) is 20.4. The summed E-state index contributed by atoms with van der Waals surface area (Å²) < 4.78 is 0. The lowest BCUT2D eigenvalue weighted by molar-refractivity contribution is -0.129. The highest BCUT2D eigenvalue weighted by atomic mass is 16.2. The van der Waals surface area contributed by atoms with Gasteiger partial charge >= 0.3 is 0 Å². The minimum Gasteiger partial charge on any atom is -0.341 e. The number of pyridine rings is 1. The third kappa shape index (κ3) is 2.39. The van der Waals surface area contributed by atoms with Crippen molar-refractivity contribution in [3.05, 3.63) is 30.1 Å². The highest BCUT2D eigenvalue weighted by Crippen LogP contribution is 2.11. The Bertz CT molecular complexity index is 353. The van der Waals surface area contributed by atoms with E-state index >= 15 is 0 Å². The first-order valence-electron chi connectivity index (χ1n) is 5.66. The van der Waals surface area contributed by atoms with Crippen molar-refractivity contribution in [2.24, 2.45) is 0 Å². The van der Waals surface area contributed by atoms with Gasteiger partial charge in [-0.05, 0) is 31.5 Å². The van der Waals surface area contributed by atoms with E-state index in [1.54, 1.807) is 6.20 Å². The molecule has 4 heteroatoms. The second kappa shape index (κ2) is 5.07. The average Bonchev–Trinajstić information content (AvgIpc) is 2.69. The second-order valence-corrected chi connectivity index (χ2v) is 4.07. The molecule has 86 valence electrons. The molecular formula is C12H17N3O. The zero-order valence-corrected chi connectivity index (χ0v) is 9.52. The Morgan fingerprint density at radius 3 is 3.12 bits per heavy atom. The third-order valence-corrected chi connectivity index (χ3v) is 3.04. The summed E-state index contributed by atoms with van der Waals surface area (Å²) in [5.74, 6) is 0.228. The molecule has 1 amide bonds. The summed E-state index contributed by atoms with van der Waals surface area (Å²) in [7, 11) is 1.84. The van der Waals surface area contributed by atoms with Crippen molar-refractivity contribution in [3.8, 4) is 0 Å². The maximum absolute atomic E-state index is 11.8. The molecule has 0 aliphatic carbocycles. The molecule has 1 fully saturated rings. The van der Waals surface area contributed by atoms with E-state index in [1.165, 1.54) is 5.56 Å².